The Hall–Kier alpha value is -0.300. The molecule has 0 atom stereocenters. The predicted molar refractivity (Wildman–Crippen MR) is 38.9 cm³/mol. The fraction of sp³-hybridized carbons (Fsp3) is 0.714. The highest BCUT2D eigenvalue weighted by Gasteiger charge is 1.52. The fourth-order valence-corrected chi connectivity index (χ4v) is 0.236. The summed E-state index contributed by atoms with van der Waals surface area (Å²) in [5.41, 5.74) is 0. The van der Waals surface area contributed by atoms with Crippen LogP contribution in [0.2, 0.25) is 0 Å². The molecule has 0 heterocycles. The third-order valence-corrected chi connectivity index (χ3v) is 0.471. The maximum atomic E-state index is 2.12. The van der Waals surface area contributed by atoms with E-state index in [1.807, 2.05) is 26.3 Å². The summed E-state index contributed by atoms with van der Waals surface area (Å²) in [6.07, 6.45) is 5.34. The fourth-order valence-electron chi connectivity index (χ4n) is 0.236. The third-order valence-electron chi connectivity index (χ3n) is 0.471. The van der Waals surface area contributed by atoms with Crippen LogP contribution in [0, 0.1) is 0 Å². The molecule has 0 aliphatic heterocycles. The van der Waals surface area contributed by atoms with E-state index in [2.05, 4.69) is 19.1 Å². The van der Waals surface area contributed by atoms with Gasteiger partial charge in [0.2, 0.25) is 0 Å². The summed E-state index contributed by atoms with van der Waals surface area (Å²) in [6, 6.07) is 0. The summed E-state index contributed by atoms with van der Waals surface area (Å²) in [5, 5.41) is 2.00. The molecule has 0 aromatic carbocycles. The van der Waals surface area contributed by atoms with Crippen molar-refractivity contribution in [3.63, 3.8) is 0 Å². The van der Waals surface area contributed by atoms with Gasteiger partial charge >= 0.3 is 0 Å². The SMILES string of the molecule is C/C=C\CC.C[NH2+]C. The van der Waals surface area contributed by atoms with E-state index >= 15 is 0 Å². The van der Waals surface area contributed by atoms with E-state index < -0.39 is 0 Å². The van der Waals surface area contributed by atoms with Crippen molar-refractivity contribution in [2.24, 2.45) is 0 Å². The highest BCUT2D eigenvalue weighted by Crippen LogP contribution is 1.73. The second-order valence-electron chi connectivity index (χ2n) is 1.55. The lowest BCUT2D eigenvalue weighted by Crippen LogP contribution is -2.74. The van der Waals surface area contributed by atoms with Crippen molar-refractivity contribution in [1.29, 1.82) is 0 Å². The number of quaternary nitrogens is 1. The van der Waals surface area contributed by atoms with Gasteiger partial charge in [0.1, 0.15) is 0 Å². The van der Waals surface area contributed by atoms with Crippen LogP contribution >= 0.6 is 0 Å². The first kappa shape index (κ1) is 10.6. The van der Waals surface area contributed by atoms with Gasteiger partial charge in [-0.1, -0.05) is 19.1 Å². The Morgan fingerprint density at radius 2 is 1.75 bits per heavy atom. The minimum Gasteiger partial charge on any atom is -0.351 e. The maximum absolute atomic E-state index is 2.12. The van der Waals surface area contributed by atoms with Crippen LogP contribution in [0.4, 0.5) is 0 Å². The molecule has 2 N–H and O–H groups in total. The monoisotopic (exact) mass is 116 g/mol. The number of nitrogens with two attached hydrogens (primary N) is 1. The van der Waals surface area contributed by atoms with Crippen molar-refractivity contribution in [3.05, 3.63) is 12.2 Å². The molecule has 0 radical (unpaired) electrons. The van der Waals surface area contributed by atoms with Crippen LogP contribution in [0.5, 0.6) is 0 Å². The van der Waals surface area contributed by atoms with Gasteiger partial charge in [0, 0.05) is 0 Å². The smallest absolute Gasteiger partial charge is 0.0647 e. The van der Waals surface area contributed by atoms with Crippen LogP contribution in [0.3, 0.4) is 0 Å². The molecule has 0 aromatic heterocycles. The minimum atomic E-state index is 1.16. The zero-order valence-electron chi connectivity index (χ0n) is 6.44. The summed E-state index contributed by atoms with van der Waals surface area (Å²) < 4.78 is 0. The van der Waals surface area contributed by atoms with Crippen LogP contribution in [0.1, 0.15) is 20.3 Å². The maximum Gasteiger partial charge on any atom is 0.0647 e. The molecular weight excluding hydrogens is 98.1 g/mol. The molecule has 0 bridgehead atoms. The number of hydrogen-bond acceptors (Lipinski definition) is 0. The van der Waals surface area contributed by atoms with Crippen LogP contribution in [0.15, 0.2) is 12.2 Å². The Kier molecular flexibility index (Phi) is 21.1. The molecule has 0 rings (SSSR count). The molecule has 0 amide bonds. The molecule has 0 fully saturated rings. The van der Waals surface area contributed by atoms with Gasteiger partial charge in [-0.3, -0.25) is 0 Å². The van der Waals surface area contributed by atoms with Gasteiger partial charge in [-0.15, -0.1) is 0 Å². The normalized spacial score (nSPS) is 8.50. The topological polar surface area (TPSA) is 16.6 Å². The lowest BCUT2D eigenvalue weighted by molar-refractivity contribution is -0.597. The Labute approximate surface area is 52.8 Å². The predicted octanol–water partition coefficient (Wildman–Crippen LogP) is 0.782. The number of rotatable bonds is 1. The molecule has 50 valence electrons. The number of hydrogen-bond donors (Lipinski definition) is 1. The second-order valence-corrected chi connectivity index (χ2v) is 1.55. The first-order chi connectivity index (χ1) is 3.83. The molecule has 0 saturated carbocycles. The van der Waals surface area contributed by atoms with Gasteiger partial charge < -0.3 is 5.32 Å². The zero-order chi connectivity index (χ0) is 6.83. The van der Waals surface area contributed by atoms with E-state index in [0.717, 1.165) is 6.42 Å². The molecule has 8 heavy (non-hydrogen) atoms. The molecule has 0 aromatic rings. The van der Waals surface area contributed by atoms with Crippen molar-refractivity contribution in [1.82, 2.24) is 0 Å². The van der Waals surface area contributed by atoms with Gasteiger partial charge in [0.05, 0.1) is 14.1 Å². The van der Waals surface area contributed by atoms with Gasteiger partial charge in [0.15, 0.2) is 0 Å². The van der Waals surface area contributed by atoms with Gasteiger partial charge in [0.25, 0.3) is 0 Å². The Morgan fingerprint density at radius 1 is 1.38 bits per heavy atom. The van der Waals surface area contributed by atoms with E-state index in [9.17, 15) is 0 Å². The van der Waals surface area contributed by atoms with Crippen LogP contribution in [0.25, 0.3) is 0 Å². The molecule has 0 aliphatic carbocycles. The Morgan fingerprint density at radius 3 is 1.75 bits per heavy atom. The van der Waals surface area contributed by atoms with Crippen molar-refractivity contribution in [2.75, 3.05) is 14.1 Å². The van der Waals surface area contributed by atoms with Crippen molar-refractivity contribution in [3.8, 4) is 0 Å². The summed E-state index contributed by atoms with van der Waals surface area (Å²) in [5.74, 6) is 0. The molecular formula is C7H18N+. The van der Waals surface area contributed by atoms with E-state index in [1.54, 1.807) is 0 Å². The molecule has 0 saturated heterocycles. The second kappa shape index (κ2) is 15.9. The minimum absolute atomic E-state index is 1.16. The largest absolute Gasteiger partial charge is 0.351 e. The zero-order valence-corrected chi connectivity index (χ0v) is 6.44. The van der Waals surface area contributed by atoms with Crippen molar-refractivity contribution >= 4 is 0 Å². The summed E-state index contributed by atoms with van der Waals surface area (Å²) >= 11 is 0. The lowest BCUT2D eigenvalue weighted by Gasteiger charge is -1.65. The lowest BCUT2D eigenvalue weighted by atomic mass is 10.4. The van der Waals surface area contributed by atoms with E-state index in [1.165, 1.54) is 0 Å². The van der Waals surface area contributed by atoms with Gasteiger partial charge in [-0.05, 0) is 13.3 Å². The van der Waals surface area contributed by atoms with Gasteiger partial charge in [-0.25, -0.2) is 0 Å². The van der Waals surface area contributed by atoms with Crippen LogP contribution < -0.4 is 5.32 Å². The molecule has 1 nitrogen and oxygen atoms in total. The Balaban J connectivity index is 0. The number of allylic oxidation sites excluding steroid dienone is 2. The van der Waals surface area contributed by atoms with Crippen molar-refractivity contribution in [2.45, 2.75) is 20.3 Å². The van der Waals surface area contributed by atoms with E-state index in [4.69, 9.17) is 0 Å². The average molecular weight is 116 g/mol. The van der Waals surface area contributed by atoms with Crippen LogP contribution in [-0.4, -0.2) is 14.1 Å². The molecule has 0 unspecified atom stereocenters. The third kappa shape index (κ3) is 43.6. The van der Waals surface area contributed by atoms with Crippen LogP contribution in [-0.2, 0) is 0 Å². The molecule has 1 heteroatoms. The van der Waals surface area contributed by atoms with Crippen molar-refractivity contribution < 1.29 is 5.32 Å². The summed E-state index contributed by atoms with van der Waals surface area (Å²) in [4.78, 5) is 0. The first-order valence-electron chi connectivity index (χ1n) is 3.18. The quantitative estimate of drug-likeness (QED) is 0.488. The van der Waals surface area contributed by atoms with Gasteiger partial charge in [-0.2, -0.15) is 0 Å². The summed E-state index contributed by atoms with van der Waals surface area (Å²) in [6.45, 7) is 4.16. The van der Waals surface area contributed by atoms with E-state index in [0.29, 0.717) is 0 Å². The summed E-state index contributed by atoms with van der Waals surface area (Å²) in [7, 11) is 4.00. The highest BCUT2D eigenvalue weighted by atomic mass is 14.7. The first-order valence-corrected chi connectivity index (χ1v) is 3.18. The van der Waals surface area contributed by atoms with E-state index in [-0.39, 0.29) is 0 Å². The average Bonchev–Trinajstić information content (AvgIpc) is 1.71. The molecule has 0 spiro atoms. The standard InChI is InChI=1S/C5H10.C2H7N/c1-3-5-4-2;1-3-2/h3,5H,4H2,1-2H3;3H,1-2H3/p+1/b5-3-;. The molecule has 0 aliphatic rings. The Bertz CT molecular complexity index is 39.7. The highest BCUT2D eigenvalue weighted by molar-refractivity contribution is 4.73.